The minimum atomic E-state index is -0.273. The lowest BCUT2D eigenvalue weighted by atomic mass is 10.0. The fraction of sp³-hybridized carbons (Fsp3) is 0.154. The first-order valence-electron chi connectivity index (χ1n) is 10.1. The maximum Gasteiger partial charge on any atom is 0.248 e. The average molecular weight is 396 g/mol. The number of carbonyl (C=O) groups excluding carboxylic acids is 1. The van der Waals surface area contributed by atoms with Gasteiger partial charge in [-0.05, 0) is 60.9 Å². The molecule has 0 aliphatic carbocycles. The Morgan fingerprint density at radius 2 is 1.73 bits per heavy atom. The van der Waals surface area contributed by atoms with Gasteiger partial charge >= 0.3 is 0 Å². The van der Waals surface area contributed by atoms with Gasteiger partial charge in [-0.2, -0.15) is 5.26 Å². The summed E-state index contributed by atoms with van der Waals surface area (Å²) in [4.78, 5) is 14.8. The average Bonchev–Trinajstić information content (AvgIpc) is 2.79. The van der Waals surface area contributed by atoms with E-state index in [-0.39, 0.29) is 5.91 Å². The highest BCUT2D eigenvalue weighted by atomic mass is 16.1. The van der Waals surface area contributed by atoms with Gasteiger partial charge in [-0.25, -0.2) is 0 Å². The summed E-state index contributed by atoms with van der Waals surface area (Å²) in [6, 6.07) is 25.5. The zero-order valence-electron chi connectivity index (χ0n) is 17.3. The summed E-state index contributed by atoms with van der Waals surface area (Å²) < 4.78 is 0. The molecular weight excluding hydrogens is 370 g/mol. The second-order valence-electron chi connectivity index (χ2n) is 6.83. The molecule has 0 unspecified atom stereocenters. The number of benzene rings is 3. The van der Waals surface area contributed by atoms with Crippen LogP contribution in [0.4, 0.5) is 11.4 Å². The van der Waals surface area contributed by atoms with Gasteiger partial charge < -0.3 is 10.2 Å². The van der Waals surface area contributed by atoms with Crippen LogP contribution >= 0.6 is 0 Å². The third-order valence-electron chi connectivity index (χ3n) is 4.93. The fourth-order valence-electron chi connectivity index (χ4n) is 3.32. The van der Waals surface area contributed by atoms with Crippen molar-refractivity contribution in [3.63, 3.8) is 0 Å². The number of rotatable bonds is 7. The summed E-state index contributed by atoms with van der Waals surface area (Å²) in [5.41, 5.74) is 4.99. The lowest BCUT2D eigenvalue weighted by Gasteiger charge is -2.21. The predicted octanol–water partition coefficient (Wildman–Crippen LogP) is 5.72. The molecule has 30 heavy (non-hydrogen) atoms. The van der Waals surface area contributed by atoms with Gasteiger partial charge in [-0.3, -0.25) is 4.79 Å². The van der Waals surface area contributed by atoms with Crippen molar-refractivity contribution in [1.29, 1.82) is 5.26 Å². The van der Waals surface area contributed by atoms with Crippen LogP contribution in [0, 0.1) is 11.3 Å². The zero-order valence-corrected chi connectivity index (χ0v) is 17.3. The van der Waals surface area contributed by atoms with Crippen molar-refractivity contribution in [1.82, 2.24) is 0 Å². The summed E-state index contributed by atoms with van der Waals surface area (Å²) in [5, 5.41) is 12.2. The monoisotopic (exact) mass is 395 g/mol. The van der Waals surface area contributed by atoms with Gasteiger partial charge in [0.15, 0.2) is 0 Å². The minimum Gasteiger partial charge on any atom is -0.372 e. The molecule has 4 nitrogen and oxygen atoms in total. The fourth-order valence-corrected chi connectivity index (χ4v) is 3.32. The van der Waals surface area contributed by atoms with Crippen molar-refractivity contribution in [2.75, 3.05) is 23.3 Å². The molecule has 0 saturated carbocycles. The molecule has 0 radical (unpaired) electrons. The van der Waals surface area contributed by atoms with Crippen LogP contribution in [0.3, 0.4) is 0 Å². The highest BCUT2D eigenvalue weighted by Gasteiger charge is 2.08. The van der Waals surface area contributed by atoms with Crippen LogP contribution in [0.1, 0.15) is 25.0 Å². The van der Waals surface area contributed by atoms with Gasteiger partial charge in [0.25, 0.3) is 0 Å². The van der Waals surface area contributed by atoms with Crippen LogP contribution in [0.5, 0.6) is 0 Å². The highest BCUT2D eigenvalue weighted by Crippen LogP contribution is 2.25. The molecule has 0 saturated heterocycles. The maximum absolute atomic E-state index is 12.5. The van der Waals surface area contributed by atoms with E-state index >= 15 is 0 Å². The number of hydrogen-bond donors (Lipinski definition) is 1. The summed E-state index contributed by atoms with van der Waals surface area (Å²) >= 11 is 0. The van der Waals surface area contributed by atoms with Crippen molar-refractivity contribution < 1.29 is 4.79 Å². The second-order valence-corrected chi connectivity index (χ2v) is 6.83. The number of nitrogens with zero attached hydrogens (tertiary/aromatic N) is 2. The number of amides is 1. The molecule has 0 aromatic heterocycles. The van der Waals surface area contributed by atoms with Gasteiger partial charge in [-0.1, -0.05) is 48.5 Å². The smallest absolute Gasteiger partial charge is 0.248 e. The molecule has 1 amide bonds. The second kappa shape index (κ2) is 10.1. The third kappa shape index (κ3) is 5.15. The number of nitriles is 1. The van der Waals surface area contributed by atoms with E-state index in [2.05, 4.69) is 42.3 Å². The number of carbonyl (C=O) groups is 1. The number of nitrogens with one attached hydrogen (secondary N) is 1. The SMILES string of the molecule is CCN(CC)c1cccc(/C=C/C(=O)Nc2cc(-c3ccccc3)ccc2C#N)c1. The largest absolute Gasteiger partial charge is 0.372 e. The van der Waals surface area contributed by atoms with Gasteiger partial charge in [0.05, 0.1) is 11.3 Å². The van der Waals surface area contributed by atoms with E-state index in [0.717, 1.165) is 35.5 Å². The molecule has 150 valence electrons. The Bertz CT molecular complexity index is 1080. The molecule has 3 rings (SSSR count). The topological polar surface area (TPSA) is 56.1 Å². The van der Waals surface area contributed by atoms with Crippen LogP contribution in [0.2, 0.25) is 0 Å². The Labute approximate surface area is 178 Å². The van der Waals surface area contributed by atoms with E-state index in [1.165, 1.54) is 6.08 Å². The molecular formula is C26H25N3O. The quantitative estimate of drug-likeness (QED) is 0.520. The van der Waals surface area contributed by atoms with Crippen molar-refractivity contribution in [3.8, 4) is 17.2 Å². The molecule has 3 aromatic rings. The van der Waals surface area contributed by atoms with Crippen LogP contribution in [0.25, 0.3) is 17.2 Å². The van der Waals surface area contributed by atoms with Crippen LogP contribution < -0.4 is 10.2 Å². The molecule has 0 aliphatic rings. The lowest BCUT2D eigenvalue weighted by Crippen LogP contribution is -2.21. The van der Waals surface area contributed by atoms with E-state index < -0.39 is 0 Å². The molecule has 0 bridgehead atoms. The Morgan fingerprint density at radius 1 is 0.967 bits per heavy atom. The minimum absolute atomic E-state index is 0.273. The van der Waals surface area contributed by atoms with Crippen molar-refractivity contribution >= 4 is 23.4 Å². The van der Waals surface area contributed by atoms with Crippen molar-refractivity contribution in [3.05, 3.63) is 90.0 Å². The lowest BCUT2D eigenvalue weighted by molar-refractivity contribution is -0.111. The Kier molecular flexibility index (Phi) is 7.02. The zero-order chi connectivity index (χ0) is 21.3. The van der Waals surface area contributed by atoms with Gasteiger partial charge in [0.1, 0.15) is 6.07 Å². The molecule has 0 spiro atoms. The summed E-state index contributed by atoms with van der Waals surface area (Å²) in [6.07, 6.45) is 3.28. The molecule has 0 heterocycles. The van der Waals surface area contributed by atoms with Crippen LogP contribution in [-0.4, -0.2) is 19.0 Å². The van der Waals surface area contributed by atoms with E-state index in [4.69, 9.17) is 0 Å². The highest BCUT2D eigenvalue weighted by molar-refractivity contribution is 6.03. The predicted molar refractivity (Wildman–Crippen MR) is 124 cm³/mol. The van der Waals surface area contributed by atoms with E-state index in [1.807, 2.05) is 54.6 Å². The first-order valence-corrected chi connectivity index (χ1v) is 10.1. The van der Waals surface area contributed by atoms with Gasteiger partial charge in [0.2, 0.25) is 5.91 Å². The standard InChI is InChI=1S/C26H25N3O/c1-3-29(4-2)24-12-8-9-20(17-24)13-16-26(30)28-25-18-22(14-15-23(25)19-27)21-10-6-5-7-11-21/h5-18H,3-4H2,1-2H3,(H,28,30)/b16-13+. The normalized spacial score (nSPS) is 10.6. The van der Waals surface area contributed by atoms with Crippen LogP contribution in [0.15, 0.2) is 78.9 Å². The maximum atomic E-state index is 12.5. The molecule has 0 atom stereocenters. The number of hydrogen-bond acceptors (Lipinski definition) is 3. The van der Waals surface area contributed by atoms with Crippen LogP contribution in [-0.2, 0) is 4.79 Å². The Hall–Kier alpha value is -3.84. The Balaban J connectivity index is 1.78. The van der Waals surface area contributed by atoms with Gasteiger partial charge in [-0.15, -0.1) is 0 Å². The molecule has 4 heteroatoms. The summed E-state index contributed by atoms with van der Waals surface area (Å²) in [5.74, 6) is -0.273. The van der Waals surface area contributed by atoms with E-state index in [9.17, 15) is 10.1 Å². The Morgan fingerprint density at radius 3 is 2.43 bits per heavy atom. The van der Waals surface area contributed by atoms with Crippen molar-refractivity contribution in [2.45, 2.75) is 13.8 Å². The van der Waals surface area contributed by atoms with E-state index in [0.29, 0.717) is 11.3 Å². The first kappa shape index (κ1) is 20.9. The first-order chi connectivity index (χ1) is 14.6. The molecule has 0 fully saturated rings. The summed E-state index contributed by atoms with van der Waals surface area (Å²) in [6.45, 7) is 6.10. The number of anilines is 2. The molecule has 3 aromatic carbocycles. The van der Waals surface area contributed by atoms with E-state index in [1.54, 1.807) is 12.1 Å². The van der Waals surface area contributed by atoms with Crippen molar-refractivity contribution in [2.24, 2.45) is 0 Å². The third-order valence-corrected chi connectivity index (χ3v) is 4.93. The summed E-state index contributed by atoms with van der Waals surface area (Å²) in [7, 11) is 0. The van der Waals surface area contributed by atoms with Gasteiger partial charge in [0, 0.05) is 24.9 Å². The molecule has 0 aliphatic heterocycles. The molecule has 1 N–H and O–H groups in total.